The minimum absolute atomic E-state index is 0.0209. The Balaban J connectivity index is 1.18. The molecule has 2 aromatic carbocycles. The first-order chi connectivity index (χ1) is 14.8. The first kappa shape index (κ1) is 20.4. The third-order valence-electron chi connectivity index (χ3n) is 5.50. The number of aryl methyl sites for hydroxylation is 1. The number of anilines is 1. The van der Waals surface area contributed by atoms with Crippen molar-refractivity contribution in [2.24, 2.45) is 0 Å². The van der Waals surface area contributed by atoms with E-state index in [1.165, 1.54) is 24.1 Å². The summed E-state index contributed by atoms with van der Waals surface area (Å²) in [5, 5.41) is 2.97. The van der Waals surface area contributed by atoms with Gasteiger partial charge < -0.3 is 14.6 Å². The van der Waals surface area contributed by atoms with Crippen molar-refractivity contribution in [1.82, 2.24) is 9.55 Å². The summed E-state index contributed by atoms with van der Waals surface area (Å²) in [6.45, 7) is 2.32. The normalized spacial score (nSPS) is 13.1. The van der Waals surface area contributed by atoms with Gasteiger partial charge in [0, 0.05) is 42.7 Å². The van der Waals surface area contributed by atoms with Crippen molar-refractivity contribution in [2.45, 2.75) is 45.1 Å². The van der Waals surface area contributed by atoms with Crippen LogP contribution in [0.1, 0.15) is 36.9 Å². The van der Waals surface area contributed by atoms with Crippen LogP contribution in [0.2, 0.25) is 0 Å². The Morgan fingerprint density at radius 3 is 2.70 bits per heavy atom. The maximum Gasteiger partial charge on any atom is 0.224 e. The quantitative estimate of drug-likeness (QED) is 0.519. The molecule has 1 amide bonds. The Bertz CT molecular complexity index is 948. The fraction of sp³-hybridized carbons (Fsp3) is 0.360. The van der Waals surface area contributed by atoms with Crippen LogP contribution in [0, 0.1) is 0 Å². The predicted octanol–water partition coefficient (Wildman–Crippen LogP) is 4.86. The summed E-state index contributed by atoms with van der Waals surface area (Å²) in [4.78, 5) is 16.8. The summed E-state index contributed by atoms with van der Waals surface area (Å²) in [6.07, 6.45) is 7.64. The first-order valence-electron chi connectivity index (χ1n) is 10.9. The van der Waals surface area contributed by atoms with E-state index >= 15 is 0 Å². The van der Waals surface area contributed by atoms with Crippen molar-refractivity contribution < 1.29 is 9.53 Å². The van der Waals surface area contributed by atoms with Crippen LogP contribution in [0.3, 0.4) is 0 Å². The fourth-order valence-corrected chi connectivity index (χ4v) is 3.86. The molecule has 0 saturated heterocycles. The van der Waals surface area contributed by atoms with Crippen molar-refractivity contribution in [1.29, 1.82) is 0 Å². The van der Waals surface area contributed by atoms with Gasteiger partial charge in [0.15, 0.2) is 0 Å². The van der Waals surface area contributed by atoms with E-state index in [0.717, 1.165) is 42.9 Å². The molecule has 0 spiro atoms. The van der Waals surface area contributed by atoms with E-state index in [1.807, 2.05) is 48.7 Å². The second-order valence-electron chi connectivity index (χ2n) is 7.76. The van der Waals surface area contributed by atoms with Crippen LogP contribution >= 0.6 is 0 Å². The summed E-state index contributed by atoms with van der Waals surface area (Å²) in [6, 6.07) is 18.3. The molecule has 0 saturated carbocycles. The van der Waals surface area contributed by atoms with Gasteiger partial charge in [0.1, 0.15) is 5.82 Å². The van der Waals surface area contributed by atoms with Crippen LogP contribution in [0.25, 0.3) is 11.4 Å². The van der Waals surface area contributed by atoms with E-state index in [1.54, 1.807) is 0 Å². The van der Waals surface area contributed by atoms with Gasteiger partial charge in [-0.1, -0.05) is 30.3 Å². The Labute approximate surface area is 178 Å². The molecule has 4 rings (SSSR count). The number of fused-ring (bicyclic) bond motifs is 1. The number of ether oxygens (including phenoxy) is 1. The number of aromatic nitrogens is 2. The highest BCUT2D eigenvalue weighted by molar-refractivity contribution is 5.90. The lowest BCUT2D eigenvalue weighted by molar-refractivity contribution is -0.116. The summed E-state index contributed by atoms with van der Waals surface area (Å²) >= 11 is 0. The fourth-order valence-electron chi connectivity index (χ4n) is 3.86. The van der Waals surface area contributed by atoms with Crippen molar-refractivity contribution in [3.05, 3.63) is 72.1 Å². The lowest BCUT2D eigenvalue weighted by Crippen LogP contribution is -2.13. The Morgan fingerprint density at radius 2 is 1.87 bits per heavy atom. The second-order valence-corrected chi connectivity index (χ2v) is 7.76. The Kier molecular flexibility index (Phi) is 6.93. The van der Waals surface area contributed by atoms with E-state index in [4.69, 9.17) is 4.74 Å². The zero-order valence-corrected chi connectivity index (χ0v) is 17.3. The van der Waals surface area contributed by atoms with Gasteiger partial charge in [-0.3, -0.25) is 4.79 Å². The molecule has 1 aliphatic rings. The number of amides is 1. The summed E-state index contributed by atoms with van der Waals surface area (Å²) < 4.78 is 7.97. The standard InChI is InChI=1S/C25H29N3O2/c29-24(10-6-17-30-18-15-20-7-2-1-3-8-20)27-22-13-11-21(12-14-22)25-26-19-23-9-4-5-16-28(23)25/h1-3,7-8,11-14,19H,4-6,9-10,15-18H2,(H,27,29). The molecule has 2 heterocycles. The average molecular weight is 404 g/mol. The molecule has 0 unspecified atom stereocenters. The molecule has 1 aliphatic heterocycles. The second kappa shape index (κ2) is 10.2. The number of hydrogen-bond acceptors (Lipinski definition) is 3. The third kappa shape index (κ3) is 5.36. The largest absolute Gasteiger partial charge is 0.381 e. The zero-order valence-electron chi connectivity index (χ0n) is 17.3. The minimum Gasteiger partial charge on any atom is -0.381 e. The number of carbonyl (C=O) groups excluding carboxylic acids is 1. The van der Waals surface area contributed by atoms with Gasteiger partial charge in [-0.15, -0.1) is 0 Å². The van der Waals surface area contributed by atoms with E-state index < -0.39 is 0 Å². The van der Waals surface area contributed by atoms with Gasteiger partial charge >= 0.3 is 0 Å². The predicted molar refractivity (Wildman–Crippen MR) is 119 cm³/mol. The average Bonchev–Trinajstić information content (AvgIpc) is 3.22. The molecule has 1 aromatic heterocycles. The number of carbonyl (C=O) groups is 1. The topological polar surface area (TPSA) is 56.1 Å². The molecule has 0 fully saturated rings. The lowest BCUT2D eigenvalue weighted by atomic mass is 10.1. The molecular formula is C25H29N3O2. The van der Waals surface area contributed by atoms with Crippen molar-refractivity contribution >= 4 is 11.6 Å². The number of imidazole rings is 1. The highest BCUT2D eigenvalue weighted by atomic mass is 16.5. The van der Waals surface area contributed by atoms with Gasteiger partial charge in [-0.05, 0) is 61.9 Å². The molecule has 3 aromatic rings. The number of nitrogens with one attached hydrogen (secondary N) is 1. The zero-order chi connectivity index (χ0) is 20.6. The van der Waals surface area contributed by atoms with Crippen LogP contribution in [0.15, 0.2) is 60.8 Å². The first-order valence-corrected chi connectivity index (χ1v) is 10.9. The maximum absolute atomic E-state index is 12.2. The van der Waals surface area contributed by atoms with E-state index in [9.17, 15) is 4.79 Å². The minimum atomic E-state index is 0.0209. The highest BCUT2D eigenvalue weighted by Crippen LogP contribution is 2.25. The lowest BCUT2D eigenvalue weighted by Gasteiger charge is -2.16. The number of benzene rings is 2. The highest BCUT2D eigenvalue weighted by Gasteiger charge is 2.15. The van der Waals surface area contributed by atoms with Crippen LogP contribution in [-0.4, -0.2) is 28.7 Å². The number of nitrogens with zero attached hydrogens (tertiary/aromatic N) is 2. The number of hydrogen-bond donors (Lipinski definition) is 1. The molecule has 5 nitrogen and oxygen atoms in total. The van der Waals surface area contributed by atoms with Crippen molar-refractivity contribution in [2.75, 3.05) is 18.5 Å². The molecular weight excluding hydrogens is 374 g/mol. The van der Waals surface area contributed by atoms with Gasteiger partial charge in [0.2, 0.25) is 5.91 Å². The van der Waals surface area contributed by atoms with Gasteiger partial charge in [-0.25, -0.2) is 4.98 Å². The van der Waals surface area contributed by atoms with E-state index in [2.05, 4.69) is 27.0 Å². The van der Waals surface area contributed by atoms with Crippen LogP contribution < -0.4 is 5.32 Å². The molecule has 0 radical (unpaired) electrons. The molecule has 30 heavy (non-hydrogen) atoms. The molecule has 1 N–H and O–H groups in total. The summed E-state index contributed by atoms with van der Waals surface area (Å²) in [7, 11) is 0. The molecule has 5 heteroatoms. The smallest absolute Gasteiger partial charge is 0.224 e. The van der Waals surface area contributed by atoms with E-state index in [-0.39, 0.29) is 5.91 Å². The monoisotopic (exact) mass is 403 g/mol. The van der Waals surface area contributed by atoms with Crippen LogP contribution in [-0.2, 0) is 28.9 Å². The van der Waals surface area contributed by atoms with Gasteiger partial charge in [0.05, 0.1) is 6.61 Å². The van der Waals surface area contributed by atoms with E-state index in [0.29, 0.717) is 19.6 Å². The van der Waals surface area contributed by atoms with Crippen molar-refractivity contribution in [3.63, 3.8) is 0 Å². The van der Waals surface area contributed by atoms with Crippen LogP contribution in [0.5, 0.6) is 0 Å². The Hall–Kier alpha value is -2.92. The van der Waals surface area contributed by atoms with Gasteiger partial charge in [0.25, 0.3) is 0 Å². The summed E-state index contributed by atoms with van der Waals surface area (Å²) in [5.74, 6) is 1.04. The molecule has 156 valence electrons. The SMILES string of the molecule is O=C(CCCOCCc1ccccc1)Nc1ccc(-c2ncc3n2CCCC3)cc1. The molecule has 0 aliphatic carbocycles. The van der Waals surface area contributed by atoms with Crippen molar-refractivity contribution in [3.8, 4) is 11.4 Å². The summed E-state index contributed by atoms with van der Waals surface area (Å²) in [5.41, 5.74) is 4.50. The number of rotatable bonds is 9. The van der Waals surface area contributed by atoms with Gasteiger partial charge in [-0.2, -0.15) is 0 Å². The Morgan fingerprint density at radius 1 is 1.03 bits per heavy atom. The van der Waals surface area contributed by atoms with Crippen LogP contribution in [0.4, 0.5) is 5.69 Å². The maximum atomic E-state index is 12.2. The molecule has 0 atom stereocenters. The molecule has 0 bridgehead atoms. The third-order valence-corrected chi connectivity index (χ3v) is 5.50.